The first-order valence-electron chi connectivity index (χ1n) is 12.3. The summed E-state index contributed by atoms with van der Waals surface area (Å²) in [4.78, 5) is 39.8. The van der Waals surface area contributed by atoms with Crippen LogP contribution in [0.1, 0.15) is 71.8 Å². The highest BCUT2D eigenvalue weighted by Crippen LogP contribution is 2.50. The van der Waals surface area contributed by atoms with E-state index in [0.717, 1.165) is 17.0 Å². The second-order valence-corrected chi connectivity index (χ2v) is 11.5. The zero-order valence-electron chi connectivity index (χ0n) is 21.5. The first-order chi connectivity index (χ1) is 16.4. The Morgan fingerprint density at radius 2 is 1.51 bits per heavy atom. The Kier molecular flexibility index (Phi) is 6.43. The third-order valence-corrected chi connectivity index (χ3v) is 7.29. The van der Waals surface area contributed by atoms with Crippen LogP contribution in [0, 0.1) is 10.8 Å². The Hall–Kier alpha value is -2.93. The van der Waals surface area contributed by atoms with Crippen molar-refractivity contribution in [2.45, 2.75) is 66.2 Å². The number of nitrogens with one attached hydrogen (secondary N) is 1. The average Bonchev–Trinajstić information content (AvgIpc) is 2.73. The maximum absolute atomic E-state index is 13.7. The second-order valence-electron chi connectivity index (χ2n) is 11.5. The molecule has 0 saturated carbocycles. The summed E-state index contributed by atoms with van der Waals surface area (Å²) in [5.41, 5.74) is 2.83. The van der Waals surface area contributed by atoms with Gasteiger partial charge in [-0.2, -0.15) is 0 Å². The van der Waals surface area contributed by atoms with Gasteiger partial charge < -0.3 is 19.4 Å². The fourth-order valence-corrected chi connectivity index (χ4v) is 6.04. The highest BCUT2D eigenvalue weighted by Gasteiger charge is 2.52. The topological polar surface area (TPSA) is 97.2 Å². The first kappa shape index (κ1) is 25.2. The van der Waals surface area contributed by atoms with Crippen LogP contribution in [0.25, 0.3) is 0 Å². The van der Waals surface area contributed by atoms with Crippen LogP contribution in [0.4, 0.5) is 0 Å². The number of methoxy groups -OCH3 is 1. The molecule has 0 saturated heterocycles. The van der Waals surface area contributed by atoms with E-state index in [1.54, 1.807) is 13.2 Å². The van der Waals surface area contributed by atoms with Gasteiger partial charge in [0.2, 0.25) is 0 Å². The molecule has 7 nitrogen and oxygen atoms in total. The van der Waals surface area contributed by atoms with Gasteiger partial charge in [-0.05, 0) is 35.4 Å². The van der Waals surface area contributed by atoms with Crippen LogP contribution in [0.15, 0.2) is 40.7 Å². The molecule has 0 spiro atoms. The lowest BCUT2D eigenvalue weighted by atomic mass is 9.63. The minimum atomic E-state index is -1.20. The molecule has 1 aromatic carbocycles. The van der Waals surface area contributed by atoms with Gasteiger partial charge in [0.15, 0.2) is 23.1 Å². The van der Waals surface area contributed by atoms with Crippen molar-refractivity contribution in [1.29, 1.82) is 0 Å². The molecule has 0 atom stereocenters. The minimum Gasteiger partial charge on any atom is -0.544 e. The third kappa shape index (κ3) is 4.66. The molecule has 1 heterocycles. The van der Waals surface area contributed by atoms with Gasteiger partial charge in [-0.1, -0.05) is 33.8 Å². The van der Waals surface area contributed by atoms with E-state index in [1.807, 2.05) is 46.8 Å². The number of rotatable bonds is 6. The lowest BCUT2D eigenvalue weighted by Gasteiger charge is -2.45. The number of benzene rings is 1. The molecule has 4 rings (SSSR count). The zero-order chi connectivity index (χ0) is 25.7. The fraction of sp³-hybridized carbons (Fsp3) is 0.536. The molecule has 1 N–H and O–H groups in total. The number of carboxylic acid groups (broad SMARTS) is 1. The number of ether oxygens (including phenoxy) is 2. The van der Waals surface area contributed by atoms with Crippen molar-refractivity contribution < 1.29 is 33.9 Å². The molecule has 188 valence electrons. The average molecular weight is 482 g/mol. The van der Waals surface area contributed by atoms with Crippen LogP contribution in [0.5, 0.6) is 11.5 Å². The lowest BCUT2D eigenvalue weighted by Crippen LogP contribution is -3.11. The van der Waals surface area contributed by atoms with Crippen molar-refractivity contribution in [3.63, 3.8) is 0 Å². The molecule has 0 aromatic heterocycles. The van der Waals surface area contributed by atoms with E-state index in [-0.39, 0.29) is 28.9 Å². The first-order valence-corrected chi connectivity index (χ1v) is 12.3. The summed E-state index contributed by atoms with van der Waals surface area (Å²) >= 11 is 0. The highest BCUT2D eigenvalue weighted by molar-refractivity contribution is 6.06. The van der Waals surface area contributed by atoms with Crippen molar-refractivity contribution in [2.24, 2.45) is 10.8 Å². The molecule has 0 bridgehead atoms. The lowest BCUT2D eigenvalue weighted by molar-refractivity contribution is -0.821. The number of carbonyl (C=O) groups is 3. The quantitative estimate of drug-likeness (QED) is 0.669. The molecule has 3 aliphatic rings. The molecule has 35 heavy (non-hydrogen) atoms. The van der Waals surface area contributed by atoms with E-state index < -0.39 is 11.9 Å². The summed E-state index contributed by atoms with van der Waals surface area (Å²) in [6.45, 7) is 10.1. The number of carboxylic acids is 1. The van der Waals surface area contributed by atoms with E-state index in [9.17, 15) is 19.5 Å². The van der Waals surface area contributed by atoms with E-state index in [2.05, 4.69) is 0 Å². The van der Waals surface area contributed by atoms with Crippen LogP contribution >= 0.6 is 0 Å². The predicted octanol–water partition coefficient (Wildman–Crippen LogP) is 2.11. The molecule has 1 aliphatic heterocycles. The zero-order valence-corrected chi connectivity index (χ0v) is 21.5. The number of ketones is 2. The van der Waals surface area contributed by atoms with E-state index in [1.165, 1.54) is 0 Å². The standard InChI is InChI=1S/C28H35NO6/c1-7-35-22-10-16(8-9-21(22)34-6)24-25-17(11-27(2,3)13-19(25)30)29(15-23(32)33)18-12-28(4,5)14-20(31)26(18)24/h8-10,24H,7,11-15H2,1-6H3,(H,32,33). The van der Waals surface area contributed by atoms with E-state index in [4.69, 9.17) is 9.47 Å². The van der Waals surface area contributed by atoms with Gasteiger partial charge in [0.1, 0.15) is 17.9 Å². The van der Waals surface area contributed by atoms with Crippen molar-refractivity contribution in [1.82, 2.24) is 0 Å². The number of quaternary nitrogens is 1. The van der Waals surface area contributed by atoms with Crippen molar-refractivity contribution in [3.8, 4) is 11.5 Å². The van der Waals surface area contributed by atoms with Gasteiger partial charge in [-0.25, -0.2) is 0 Å². The number of Topliss-reactive ketones (excluding diaryl/α,β-unsaturated/α-hetero) is 2. The summed E-state index contributed by atoms with van der Waals surface area (Å²) in [6, 6.07) is 5.53. The smallest absolute Gasteiger partial charge is 0.165 e. The largest absolute Gasteiger partial charge is 0.544 e. The van der Waals surface area contributed by atoms with Crippen LogP contribution in [0.2, 0.25) is 0 Å². The Balaban J connectivity index is 2.00. The van der Waals surface area contributed by atoms with Crippen LogP contribution in [-0.2, 0) is 14.4 Å². The predicted molar refractivity (Wildman–Crippen MR) is 128 cm³/mol. The molecule has 7 heteroatoms. The normalized spacial score (nSPS) is 25.2. The second kappa shape index (κ2) is 8.94. The van der Waals surface area contributed by atoms with Crippen LogP contribution in [0.3, 0.4) is 0 Å². The summed E-state index contributed by atoms with van der Waals surface area (Å²) in [6.07, 6.45) is 1.84. The Labute approximate surface area is 206 Å². The van der Waals surface area contributed by atoms with Gasteiger partial charge >= 0.3 is 0 Å². The molecule has 1 aromatic rings. The molecule has 2 aliphatic carbocycles. The minimum absolute atomic E-state index is 0.0324. The van der Waals surface area contributed by atoms with Crippen molar-refractivity contribution in [2.75, 3.05) is 20.3 Å². The van der Waals surface area contributed by atoms with E-state index >= 15 is 0 Å². The number of hydrogen-bond donors (Lipinski definition) is 1. The molecular weight excluding hydrogens is 446 g/mol. The van der Waals surface area contributed by atoms with Gasteiger partial charge in [0, 0.05) is 25.7 Å². The maximum atomic E-state index is 13.7. The molecular formula is C28H35NO6. The van der Waals surface area contributed by atoms with Gasteiger partial charge in [0.05, 0.1) is 36.8 Å². The number of aliphatic carboxylic acids is 1. The van der Waals surface area contributed by atoms with E-state index in [0.29, 0.717) is 59.8 Å². The SMILES string of the molecule is CCOc1cc(C2C3=C(CC(C)(C)CC3=O)[NH+](CC(=O)[O-])C3=C2C(=O)CC(C)(C)C3)ccc1OC. The van der Waals surface area contributed by atoms with Crippen molar-refractivity contribution in [3.05, 3.63) is 46.3 Å². The maximum Gasteiger partial charge on any atom is 0.165 e. The Morgan fingerprint density at radius 3 is 1.97 bits per heavy atom. The summed E-state index contributed by atoms with van der Waals surface area (Å²) < 4.78 is 11.3. The monoisotopic (exact) mass is 481 g/mol. The van der Waals surface area contributed by atoms with Crippen LogP contribution < -0.4 is 19.5 Å². The Morgan fingerprint density at radius 1 is 0.971 bits per heavy atom. The van der Waals surface area contributed by atoms with Crippen molar-refractivity contribution >= 4 is 17.5 Å². The third-order valence-electron chi connectivity index (χ3n) is 7.29. The Bertz CT molecular complexity index is 1100. The van der Waals surface area contributed by atoms with Gasteiger partial charge in [-0.3, -0.25) is 14.5 Å². The molecule has 0 radical (unpaired) electrons. The number of allylic oxidation sites excluding steroid dienone is 4. The van der Waals surface area contributed by atoms with Crippen LogP contribution in [-0.4, -0.2) is 37.8 Å². The van der Waals surface area contributed by atoms with Gasteiger partial charge in [-0.15, -0.1) is 0 Å². The number of carbonyl (C=O) groups excluding carboxylic acids is 3. The summed E-state index contributed by atoms with van der Waals surface area (Å²) in [5.74, 6) is -0.695. The molecule has 0 fully saturated rings. The molecule has 0 amide bonds. The van der Waals surface area contributed by atoms with Gasteiger partial charge in [0.25, 0.3) is 0 Å². The highest BCUT2D eigenvalue weighted by atomic mass is 16.5. The summed E-state index contributed by atoms with van der Waals surface area (Å²) in [5, 5.41) is 11.9. The fourth-order valence-electron chi connectivity index (χ4n) is 6.04. The molecule has 0 unspecified atom stereocenters. The number of hydrogen-bond acceptors (Lipinski definition) is 6. The summed E-state index contributed by atoms with van der Waals surface area (Å²) in [7, 11) is 1.57.